The van der Waals surface area contributed by atoms with E-state index in [-0.39, 0.29) is 55.6 Å². The van der Waals surface area contributed by atoms with Crippen LogP contribution in [0.5, 0.6) is 11.5 Å². The van der Waals surface area contributed by atoms with Crippen molar-refractivity contribution < 1.29 is 38.7 Å². The molecule has 1 aromatic rings. The molecule has 4 unspecified atom stereocenters. The number of carboxylic acids is 1. The Morgan fingerprint density at radius 1 is 1.24 bits per heavy atom. The molecule has 7 nitrogen and oxygen atoms in total. The molecule has 2 rings (SSSR count). The summed E-state index contributed by atoms with van der Waals surface area (Å²) < 4.78 is 0. The Bertz CT molecular complexity index is 466. The molecule has 0 spiro atoms. The predicted octanol–water partition coefficient (Wildman–Crippen LogP) is 0.607. The van der Waals surface area contributed by atoms with Crippen LogP contribution < -0.4 is 17.2 Å². The average Bonchev–Trinajstić information content (AvgIpc) is 2.23. The minimum Gasteiger partial charge on any atom is -0.508 e. The first-order chi connectivity index (χ1) is 8.45. The van der Waals surface area contributed by atoms with Gasteiger partial charge in [-0.3, -0.25) is 4.79 Å². The number of phenols is 2. The van der Waals surface area contributed by atoms with Crippen molar-refractivity contribution >= 4 is 5.97 Å². The zero-order valence-electron chi connectivity index (χ0n) is 11.0. The second kappa shape index (κ2) is 8.26. The topological polar surface area (TPSA) is 151 Å². The van der Waals surface area contributed by atoms with Gasteiger partial charge in [0.1, 0.15) is 11.5 Å². The standard InChI is InChI=1S/C12H16N2O4.CH4.H3N.V/c1-14-11-8(10(13)9(11)12(17)18)5-2-6(15)4-7(16)3-5;;;/h2-4,8-11,14-16H,13H2,1H3,(H,17,18);1H4;1H3;. The third kappa shape index (κ3) is 3.90. The van der Waals surface area contributed by atoms with Gasteiger partial charge in [-0.2, -0.15) is 0 Å². The molecule has 0 bridgehead atoms. The van der Waals surface area contributed by atoms with Crippen LogP contribution in [-0.4, -0.2) is 40.4 Å². The normalized spacial score (nSPS) is 26.4. The summed E-state index contributed by atoms with van der Waals surface area (Å²) in [6.45, 7) is 0. The largest absolute Gasteiger partial charge is 0.508 e. The van der Waals surface area contributed by atoms with E-state index < -0.39 is 17.9 Å². The van der Waals surface area contributed by atoms with Crippen molar-refractivity contribution in [3.05, 3.63) is 23.8 Å². The van der Waals surface area contributed by atoms with Gasteiger partial charge in [-0.1, -0.05) is 7.43 Å². The minimum atomic E-state index is -0.942. The molecule has 9 N–H and O–H groups in total. The van der Waals surface area contributed by atoms with E-state index in [1.807, 2.05) is 0 Å². The summed E-state index contributed by atoms with van der Waals surface area (Å²) in [5, 5.41) is 30.9. The third-order valence-electron chi connectivity index (χ3n) is 3.53. The van der Waals surface area contributed by atoms with Crippen molar-refractivity contribution in [2.75, 3.05) is 7.05 Å². The Balaban J connectivity index is 0. The van der Waals surface area contributed by atoms with Crippen LogP contribution in [0, 0.1) is 5.92 Å². The van der Waals surface area contributed by atoms with Gasteiger partial charge in [0.15, 0.2) is 0 Å². The Hall–Kier alpha value is -1.25. The average molecular weight is 336 g/mol. The zero-order chi connectivity index (χ0) is 13.4. The summed E-state index contributed by atoms with van der Waals surface area (Å²) in [5.74, 6) is -1.97. The zero-order valence-corrected chi connectivity index (χ0v) is 12.4. The molecule has 0 aromatic heterocycles. The molecule has 1 aliphatic rings. The first kappa shape index (κ1) is 22.0. The Kier molecular flexibility index (Phi) is 8.67. The van der Waals surface area contributed by atoms with E-state index in [9.17, 15) is 15.0 Å². The van der Waals surface area contributed by atoms with Gasteiger partial charge in [0, 0.05) is 42.6 Å². The van der Waals surface area contributed by atoms with E-state index >= 15 is 0 Å². The van der Waals surface area contributed by atoms with Crippen molar-refractivity contribution in [3.8, 4) is 11.5 Å². The second-order valence-electron chi connectivity index (χ2n) is 4.56. The van der Waals surface area contributed by atoms with E-state index in [1.54, 1.807) is 7.05 Å². The summed E-state index contributed by atoms with van der Waals surface area (Å²) in [4.78, 5) is 11.1. The number of benzene rings is 1. The molecule has 21 heavy (non-hydrogen) atoms. The molecular formula is C13H23N3O4V. The molecule has 1 aromatic carbocycles. The fourth-order valence-corrected chi connectivity index (χ4v) is 2.70. The monoisotopic (exact) mass is 336 g/mol. The van der Waals surface area contributed by atoms with Gasteiger partial charge in [-0.15, -0.1) is 0 Å². The van der Waals surface area contributed by atoms with Gasteiger partial charge in [0.2, 0.25) is 0 Å². The molecule has 119 valence electrons. The van der Waals surface area contributed by atoms with E-state index in [0.29, 0.717) is 5.56 Å². The van der Waals surface area contributed by atoms with E-state index in [4.69, 9.17) is 10.8 Å². The van der Waals surface area contributed by atoms with Gasteiger partial charge in [-0.25, -0.2) is 0 Å². The molecule has 0 saturated heterocycles. The van der Waals surface area contributed by atoms with Crippen molar-refractivity contribution in [1.82, 2.24) is 11.5 Å². The van der Waals surface area contributed by atoms with Gasteiger partial charge >= 0.3 is 5.97 Å². The first-order valence-electron chi connectivity index (χ1n) is 5.64. The molecule has 1 radical (unpaired) electrons. The smallest absolute Gasteiger partial charge is 0.309 e. The van der Waals surface area contributed by atoms with Crippen LogP contribution in [0.15, 0.2) is 18.2 Å². The number of aliphatic carboxylic acids is 1. The SMILES string of the molecule is C.CNC1C(C(=O)O)C(N)C1c1cc(O)cc(O)c1.N.[V]. The maximum Gasteiger partial charge on any atom is 0.309 e. The van der Waals surface area contributed by atoms with Crippen LogP contribution in [-0.2, 0) is 23.4 Å². The van der Waals surface area contributed by atoms with Crippen LogP contribution in [0.1, 0.15) is 18.9 Å². The van der Waals surface area contributed by atoms with E-state index in [0.717, 1.165) is 0 Å². The van der Waals surface area contributed by atoms with E-state index in [1.165, 1.54) is 18.2 Å². The predicted molar refractivity (Wildman–Crippen MR) is 76.2 cm³/mol. The van der Waals surface area contributed by atoms with Crippen LogP contribution in [0.25, 0.3) is 0 Å². The van der Waals surface area contributed by atoms with Crippen molar-refractivity contribution in [3.63, 3.8) is 0 Å². The summed E-state index contributed by atoms with van der Waals surface area (Å²) in [5.41, 5.74) is 6.52. The van der Waals surface area contributed by atoms with Gasteiger partial charge < -0.3 is 32.5 Å². The molecule has 0 aliphatic heterocycles. The molecule has 1 aliphatic carbocycles. The summed E-state index contributed by atoms with van der Waals surface area (Å²) in [6, 6.07) is 3.36. The van der Waals surface area contributed by atoms with Crippen molar-refractivity contribution in [2.24, 2.45) is 11.7 Å². The maximum atomic E-state index is 11.1. The first-order valence-corrected chi connectivity index (χ1v) is 5.64. The Labute approximate surface area is 136 Å². The number of aromatic hydroxyl groups is 2. The number of hydrogen-bond donors (Lipinski definition) is 6. The fourth-order valence-electron chi connectivity index (χ4n) is 2.70. The van der Waals surface area contributed by atoms with Gasteiger partial charge in [0.25, 0.3) is 0 Å². The summed E-state index contributed by atoms with van der Waals surface area (Å²) >= 11 is 0. The maximum absolute atomic E-state index is 11.1. The molecule has 0 heterocycles. The van der Waals surface area contributed by atoms with E-state index in [2.05, 4.69) is 5.32 Å². The van der Waals surface area contributed by atoms with Gasteiger partial charge in [-0.05, 0) is 24.7 Å². The van der Waals surface area contributed by atoms with Crippen molar-refractivity contribution in [2.45, 2.75) is 25.4 Å². The van der Waals surface area contributed by atoms with Crippen molar-refractivity contribution in [1.29, 1.82) is 0 Å². The molecule has 4 atom stereocenters. The molecule has 8 heteroatoms. The Morgan fingerprint density at radius 2 is 1.71 bits per heavy atom. The number of likely N-dealkylation sites (N-methyl/N-ethyl adjacent to an activating group) is 1. The number of hydrogen-bond acceptors (Lipinski definition) is 6. The molecule has 0 amide bonds. The number of nitrogens with one attached hydrogen (secondary N) is 1. The number of phenolic OH excluding ortho intramolecular Hbond substituents is 2. The molecule has 1 fully saturated rings. The van der Waals surface area contributed by atoms with Crippen LogP contribution in [0.4, 0.5) is 0 Å². The van der Waals surface area contributed by atoms with Crippen LogP contribution in [0.3, 0.4) is 0 Å². The molecular weight excluding hydrogens is 313 g/mol. The number of carboxylic acid groups (broad SMARTS) is 1. The minimum absolute atomic E-state index is 0. The third-order valence-corrected chi connectivity index (χ3v) is 3.53. The summed E-state index contributed by atoms with van der Waals surface area (Å²) in [7, 11) is 1.67. The number of rotatable bonds is 3. The van der Waals surface area contributed by atoms with Gasteiger partial charge in [0.05, 0.1) is 5.92 Å². The second-order valence-corrected chi connectivity index (χ2v) is 4.56. The quantitative estimate of drug-likeness (QED) is 0.473. The number of nitrogens with two attached hydrogens (primary N) is 1. The Morgan fingerprint density at radius 3 is 2.10 bits per heavy atom. The van der Waals surface area contributed by atoms with Crippen LogP contribution in [0.2, 0.25) is 0 Å². The number of carbonyl (C=O) groups is 1. The molecule has 1 saturated carbocycles. The van der Waals surface area contributed by atoms with Crippen LogP contribution >= 0.6 is 0 Å². The summed E-state index contributed by atoms with van der Waals surface area (Å²) in [6.07, 6.45) is 0. The fraction of sp³-hybridized carbons (Fsp3) is 0.462.